The zero-order valence-electron chi connectivity index (χ0n) is 13.7. The number of rotatable bonds is 4. The van der Waals surface area contributed by atoms with Gasteiger partial charge in [0, 0.05) is 12.0 Å². The van der Waals surface area contributed by atoms with Gasteiger partial charge in [-0.2, -0.15) is 26.3 Å². The predicted octanol–water partition coefficient (Wildman–Crippen LogP) is 4.94. The second-order valence-electron chi connectivity index (χ2n) is 5.51. The Hall–Kier alpha value is -2.84. The highest BCUT2D eigenvalue weighted by molar-refractivity contribution is 6.08. The van der Waals surface area contributed by atoms with Gasteiger partial charge >= 0.3 is 18.3 Å². The molecule has 0 saturated carbocycles. The lowest BCUT2D eigenvalue weighted by Crippen LogP contribution is -2.19. The maximum Gasteiger partial charge on any atom is 0.417 e. The second kappa shape index (κ2) is 7.42. The van der Waals surface area contributed by atoms with Crippen molar-refractivity contribution in [2.45, 2.75) is 18.8 Å². The lowest BCUT2D eigenvalue weighted by molar-refractivity contribution is -0.138. The van der Waals surface area contributed by atoms with E-state index in [4.69, 9.17) is 0 Å². The van der Waals surface area contributed by atoms with Crippen molar-refractivity contribution < 1.29 is 40.7 Å². The highest BCUT2D eigenvalue weighted by atomic mass is 19.4. The highest BCUT2D eigenvalue weighted by Crippen LogP contribution is 2.34. The largest absolute Gasteiger partial charge is 0.465 e. The Bertz CT molecular complexity index is 851. The standard InChI is InChI=1S/C18H12F6O3/c1-27-16(26)12-3-2-4-13(18(22,23)24)15(12)14(25)9-10-5-7-11(8-6-10)17(19,20)21/h2-8H,9H2,1H3. The van der Waals surface area contributed by atoms with E-state index in [1.54, 1.807) is 0 Å². The first kappa shape index (κ1) is 20.5. The van der Waals surface area contributed by atoms with Gasteiger partial charge in [0.15, 0.2) is 5.78 Å². The molecule has 0 spiro atoms. The molecule has 9 heteroatoms. The number of ketones is 1. The van der Waals surface area contributed by atoms with Crippen LogP contribution < -0.4 is 0 Å². The Morgan fingerprint density at radius 1 is 0.889 bits per heavy atom. The molecule has 0 saturated heterocycles. The van der Waals surface area contributed by atoms with Gasteiger partial charge in [-0.1, -0.05) is 18.2 Å². The molecule has 0 aliphatic carbocycles. The fourth-order valence-corrected chi connectivity index (χ4v) is 2.45. The van der Waals surface area contributed by atoms with E-state index in [1.807, 2.05) is 0 Å². The van der Waals surface area contributed by atoms with Crippen LogP contribution >= 0.6 is 0 Å². The minimum Gasteiger partial charge on any atom is -0.465 e. The monoisotopic (exact) mass is 390 g/mol. The molecule has 0 fully saturated rings. The molecular formula is C18H12F6O3. The third-order valence-electron chi connectivity index (χ3n) is 3.70. The van der Waals surface area contributed by atoms with Gasteiger partial charge in [0.2, 0.25) is 0 Å². The van der Waals surface area contributed by atoms with E-state index in [-0.39, 0.29) is 5.56 Å². The molecule has 0 aliphatic heterocycles. The zero-order chi connectivity index (χ0) is 20.4. The van der Waals surface area contributed by atoms with E-state index in [9.17, 15) is 35.9 Å². The molecule has 0 aromatic heterocycles. The summed E-state index contributed by atoms with van der Waals surface area (Å²) >= 11 is 0. The summed E-state index contributed by atoms with van der Waals surface area (Å²) in [4.78, 5) is 24.2. The molecule has 0 atom stereocenters. The van der Waals surface area contributed by atoms with Crippen LogP contribution in [0.1, 0.15) is 37.4 Å². The maximum absolute atomic E-state index is 13.2. The first-order chi connectivity index (χ1) is 12.4. The molecule has 0 radical (unpaired) electrons. The molecule has 0 N–H and O–H groups in total. The molecular weight excluding hydrogens is 378 g/mol. The third-order valence-corrected chi connectivity index (χ3v) is 3.70. The zero-order valence-corrected chi connectivity index (χ0v) is 13.7. The number of hydrogen-bond donors (Lipinski definition) is 0. The first-order valence-electron chi connectivity index (χ1n) is 7.43. The van der Waals surface area contributed by atoms with E-state index in [0.717, 1.165) is 43.5 Å². The van der Waals surface area contributed by atoms with Gasteiger partial charge in [0.05, 0.1) is 23.8 Å². The number of esters is 1. The van der Waals surface area contributed by atoms with Crippen molar-refractivity contribution in [3.8, 4) is 0 Å². The molecule has 0 heterocycles. The number of Topliss-reactive ketones (excluding diaryl/α,β-unsaturated/α-hetero) is 1. The summed E-state index contributed by atoms with van der Waals surface area (Å²) in [6, 6.07) is 6.06. The average molecular weight is 390 g/mol. The van der Waals surface area contributed by atoms with Gasteiger partial charge in [0.25, 0.3) is 0 Å². The Labute approximate surface area is 149 Å². The van der Waals surface area contributed by atoms with Crippen molar-refractivity contribution in [3.63, 3.8) is 0 Å². The topological polar surface area (TPSA) is 43.4 Å². The van der Waals surface area contributed by atoms with E-state index in [1.165, 1.54) is 0 Å². The number of benzene rings is 2. The minimum atomic E-state index is -4.91. The normalized spacial score (nSPS) is 12.0. The lowest BCUT2D eigenvalue weighted by Gasteiger charge is -2.15. The van der Waals surface area contributed by atoms with Gasteiger partial charge in [-0.15, -0.1) is 0 Å². The second-order valence-corrected chi connectivity index (χ2v) is 5.51. The molecule has 3 nitrogen and oxygen atoms in total. The van der Waals surface area contributed by atoms with Gasteiger partial charge < -0.3 is 4.74 Å². The summed E-state index contributed by atoms with van der Waals surface area (Å²) in [5.74, 6) is -2.19. The van der Waals surface area contributed by atoms with Crippen LogP contribution in [0.4, 0.5) is 26.3 Å². The fraction of sp³-hybridized carbons (Fsp3) is 0.222. The Morgan fingerprint density at radius 2 is 1.48 bits per heavy atom. The van der Waals surface area contributed by atoms with Crippen LogP contribution in [0, 0.1) is 0 Å². The molecule has 2 rings (SSSR count). The summed E-state index contributed by atoms with van der Waals surface area (Å²) in [6.45, 7) is 0. The smallest absolute Gasteiger partial charge is 0.417 e. The predicted molar refractivity (Wildman–Crippen MR) is 82.3 cm³/mol. The number of hydrogen-bond acceptors (Lipinski definition) is 3. The maximum atomic E-state index is 13.2. The van der Waals surface area contributed by atoms with Gasteiger partial charge in [-0.25, -0.2) is 4.79 Å². The Kier molecular flexibility index (Phi) is 5.62. The van der Waals surface area contributed by atoms with Crippen LogP contribution in [0.15, 0.2) is 42.5 Å². The minimum absolute atomic E-state index is 0.0702. The Morgan fingerprint density at radius 3 is 1.96 bits per heavy atom. The SMILES string of the molecule is COC(=O)c1cccc(C(F)(F)F)c1C(=O)Cc1ccc(C(F)(F)F)cc1. The van der Waals surface area contributed by atoms with Gasteiger partial charge in [-0.3, -0.25) is 4.79 Å². The van der Waals surface area contributed by atoms with Crippen molar-refractivity contribution >= 4 is 11.8 Å². The summed E-state index contributed by atoms with van der Waals surface area (Å²) in [5.41, 5.74) is -3.64. The van der Waals surface area contributed by atoms with Crippen LogP contribution in [0.5, 0.6) is 0 Å². The fourth-order valence-electron chi connectivity index (χ4n) is 2.45. The molecule has 144 valence electrons. The van der Waals surface area contributed by atoms with Crippen LogP contribution in [0.2, 0.25) is 0 Å². The van der Waals surface area contributed by atoms with E-state index >= 15 is 0 Å². The molecule has 0 bridgehead atoms. The lowest BCUT2D eigenvalue weighted by atomic mass is 9.93. The van der Waals surface area contributed by atoms with Crippen LogP contribution in [0.25, 0.3) is 0 Å². The molecule has 0 amide bonds. The van der Waals surface area contributed by atoms with E-state index in [0.29, 0.717) is 6.07 Å². The van der Waals surface area contributed by atoms with E-state index < -0.39 is 52.8 Å². The summed E-state index contributed by atoms with van der Waals surface area (Å²) < 4.78 is 81.9. The van der Waals surface area contributed by atoms with Gasteiger partial charge in [0.1, 0.15) is 0 Å². The average Bonchev–Trinajstić information content (AvgIpc) is 2.59. The molecule has 27 heavy (non-hydrogen) atoms. The van der Waals surface area contributed by atoms with Gasteiger partial charge in [-0.05, 0) is 29.8 Å². The van der Waals surface area contributed by atoms with Crippen LogP contribution in [-0.2, 0) is 23.5 Å². The molecule has 0 aliphatic rings. The highest BCUT2D eigenvalue weighted by Gasteiger charge is 2.37. The van der Waals surface area contributed by atoms with Crippen LogP contribution in [-0.4, -0.2) is 18.9 Å². The van der Waals surface area contributed by atoms with Crippen LogP contribution in [0.3, 0.4) is 0 Å². The number of ether oxygens (including phenoxy) is 1. The van der Waals surface area contributed by atoms with Crippen molar-refractivity contribution in [2.75, 3.05) is 7.11 Å². The number of carbonyl (C=O) groups is 2. The van der Waals surface area contributed by atoms with Crippen molar-refractivity contribution in [2.24, 2.45) is 0 Å². The number of carbonyl (C=O) groups excluding carboxylic acids is 2. The number of alkyl halides is 6. The molecule has 2 aromatic carbocycles. The van der Waals surface area contributed by atoms with Crippen molar-refractivity contribution in [1.29, 1.82) is 0 Å². The van der Waals surface area contributed by atoms with Crippen molar-refractivity contribution in [3.05, 3.63) is 70.3 Å². The first-order valence-corrected chi connectivity index (χ1v) is 7.43. The number of methoxy groups -OCH3 is 1. The van der Waals surface area contributed by atoms with Crippen molar-refractivity contribution in [1.82, 2.24) is 0 Å². The summed E-state index contributed by atoms with van der Waals surface area (Å²) in [5, 5.41) is 0. The Balaban J connectivity index is 2.44. The molecule has 0 unspecified atom stereocenters. The summed E-state index contributed by atoms with van der Waals surface area (Å²) in [7, 11) is 0.951. The quantitative estimate of drug-likeness (QED) is 0.422. The molecule has 2 aromatic rings. The summed E-state index contributed by atoms with van der Waals surface area (Å²) in [6.07, 6.45) is -10.1. The van der Waals surface area contributed by atoms with E-state index in [2.05, 4.69) is 4.74 Å². The third kappa shape index (κ3) is 4.66. The number of halogens is 6.